The predicted octanol–water partition coefficient (Wildman–Crippen LogP) is 2.77. The zero-order valence-corrected chi connectivity index (χ0v) is 19.4. The van der Waals surface area contributed by atoms with Crippen LogP contribution >= 0.6 is 0 Å². The normalized spacial score (nSPS) is 28.0. The zero-order valence-electron chi connectivity index (χ0n) is 19.4. The third-order valence-electron chi connectivity index (χ3n) is 6.23. The topological polar surface area (TPSA) is 121 Å². The second-order valence-electron chi connectivity index (χ2n) is 8.81. The van der Waals surface area contributed by atoms with Crippen LogP contribution in [0.3, 0.4) is 0 Å². The summed E-state index contributed by atoms with van der Waals surface area (Å²) in [6, 6.07) is 1.14. The molecule has 0 saturated carbocycles. The number of phenols is 2. The van der Waals surface area contributed by atoms with Gasteiger partial charge in [-0.3, -0.25) is 4.79 Å². The molecule has 9 nitrogen and oxygen atoms in total. The van der Waals surface area contributed by atoms with Gasteiger partial charge in [-0.15, -0.1) is 0 Å². The third-order valence-corrected chi connectivity index (χ3v) is 6.23. The van der Waals surface area contributed by atoms with Crippen LogP contribution in [0.5, 0.6) is 11.5 Å². The average molecular weight is 471 g/mol. The molecule has 3 aliphatic heterocycles. The molecule has 182 valence electrons. The smallest absolute Gasteiger partial charge is 0.342 e. The summed E-state index contributed by atoms with van der Waals surface area (Å²) in [5.41, 5.74) is 1.30. The number of carbonyl (C=O) groups excluding carboxylic acids is 2. The predicted molar refractivity (Wildman–Crippen MR) is 124 cm³/mol. The molecule has 0 spiro atoms. The summed E-state index contributed by atoms with van der Waals surface area (Å²) in [5, 5.41) is 25.0. The number of nitrogens with zero attached hydrogens (tertiary/aromatic N) is 2. The quantitative estimate of drug-likeness (QED) is 0.300. The van der Waals surface area contributed by atoms with Gasteiger partial charge in [0, 0.05) is 31.9 Å². The Bertz CT molecular complexity index is 1050. The summed E-state index contributed by atoms with van der Waals surface area (Å²) in [5.74, 6) is -1.06. The molecule has 3 aliphatic rings. The number of ether oxygens (including phenoxy) is 2. The van der Waals surface area contributed by atoms with E-state index in [2.05, 4.69) is 5.16 Å². The number of fused-ring (bicyclic) bond motifs is 2. The van der Waals surface area contributed by atoms with Crippen molar-refractivity contribution in [3.05, 3.63) is 47.1 Å². The van der Waals surface area contributed by atoms with Crippen molar-refractivity contribution in [2.75, 3.05) is 19.7 Å². The third kappa shape index (κ3) is 5.59. The Hall–Kier alpha value is -3.33. The molecule has 2 unspecified atom stereocenters. The van der Waals surface area contributed by atoms with E-state index in [9.17, 15) is 19.8 Å². The Morgan fingerprint density at radius 3 is 2.82 bits per heavy atom. The minimum atomic E-state index is -0.676. The largest absolute Gasteiger partial charge is 0.508 e. The molecule has 34 heavy (non-hydrogen) atoms. The number of rotatable bonds is 4. The molecule has 0 radical (unpaired) electrons. The Morgan fingerprint density at radius 1 is 1.24 bits per heavy atom. The first-order valence-corrected chi connectivity index (χ1v) is 11.6. The zero-order chi connectivity index (χ0) is 24.2. The van der Waals surface area contributed by atoms with Gasteiger partial charge in [0.05, 0.1) is 18.4 Å². The van der Waals surface area contributed by atoms with Crippen LogP contribution in [-0.2, 0) is 25.5 Å². The minimum Gasteiger partial charge on any atom is -0.508 e. The van der Waals surface area contributed by atoms with Crippen molar-refractivity contribution >= 4 is 17.6 Å². The summed E-state index contributed by atoms with van der Waals surface area (Å²) in [7, 11) is 0. The molecular weight excluding hydrogens is 440 g/mol. The van der Waals surface area contributed by atoms with E-state index in [4.69, 9.17) is 14.3 Å². The Morgan fingerprint density at radius 2 is 2.06 bits per heavy atom. The highest BCUT2D eigenvalue weighted by molar-refractivity contribution is 6.01. The van der Waals surface area contributed by atoms with Gasteiger partial charge >= 0.3 is 5.97 Å². The second kappa shape index (κ2) is 10.3. The molecule has 4 rings (SSSR count). The highest BCUT2D eigenvalue weighted by Gasteiger charge is 2.38. The van der Waals surface area contributed by atoms with Crippen LogP contribution in [0, 0.1) is 6.92 Å². The van der Waals surface area contributed by atoms with Crippen LogP contribution in [0.15, 0.2) is 35.5 Å². The Labute approximate surface area is 198 Å². The minimum absolute atomic E-state index is 0.00761. The van der Waals surface area contributed by atoms with Crippen LogP contribution in [0.2, 0.25) is 0 Å². The number of benzene rings is 1. The summed E-state index contributed by atoms with van der Waals surface area (Å²) in [6.07, 6.45) is 8.90. The van der Waals surface area contributed by atoms with Gasteiger partial charge in [-0.1, -0.05) is 23.4 Å². The maximum atomic E-state index is 13.0. The number of carbonyl (C=O) groups is 2. The van der Waals surface area contributed by atoms with E-state index < -0.39 is 12.1 Å². The van der Waals surface area contributed by atoms with Crippen LogP contribution in [0.1, 0.15) is 47.7 Å². The van der Waals surface area contributed by atoms with Gasteiger partial charge in [-0.05, 0) is 37.5 Å². The number of hydrogen-bond acceptors (Lipinski definition) is 8. The molecule has 3 heterocycles. The molecule has 0 aliphatic carbocycles. The van der Waals surface area contributed by atoms with E-state index >= 15 is 0 Å². The number of phenolic OH excluding ortho intramolecular Hbond substituents is 2. The standard InChI is InChI=1S/C25H30N2O7/c1-15-12-22-21(34-22)7-4-3-6-17(26-32-11-10-27-9-5-8-23(27)30)13-18-16(2)19(28)14-20(29)24(18)25(31)33-15/h3-4,6-7,14-15,21-22,28-29H,5,8-13H2,1-2H3/b6-3+,7-4-,26-17-/t15-,21?,22?/m1/s1. The number of hydrogen-bond donors (Lipinski definition) is 2. The van der Waals surface area contributed by atoms with Crippen molar-refractivity contribution in [2.45, 2.75) is 57.8 Å². The number of allylic oxidation sites excluding steroid dienone is 3. The molecular formula is C25H30N2O7. The highest BCUT2D eigenvalue weighted by atomic mass is 16.6. The lowest BCUT2D eigenvalue weighted by molar-refractivity contribution is -0.128. The molecule has 2 saturated heterocycles. The van der Waals surface area contributed by atoms with Crippen molar-refractivity contribution in [1.82, 2.24) is 4.90 Å². The molecule has 9 heteroatoms. The highest BCUT2D eigenvalue weighted by Crippen LogP contribution is 2.34. The van der Waals surface area contributed by atoms with E-state index in [0.29, 0.717) is 36.2 Å². The van der Waals surface area contributed by atoms with Crippen molar-refractivity contribution in [1.29, 1.82) is 0 Å². The molecule has 2 N–H and O–H groups in total. The molecule has 1 aromatic carbocycles. The van der Waals surface area contributed by atoms with E-state index in [0.717, 1.165) is 19.0 Å². The molecule has 0 bridgehead atoms. The number of esters is 1. The molecule has 1 amide bonds. The number of amides is 1. The van der Waals surface area contributed by atoms with Crippen molar-refractivity contribution in [3.63, 3.8) is 0 Å². The number of likely N-dealkylation sites (tertiary alicyclic amines) is 1. The fraction of sp³-hybridized carbons (Fsp3) is 0.480. The molecule has 0 aromatic heterocycles. The van der Waals surface area contributed by atoms with Gasteiger partial charge in [0.2, 0.25) is 5.91 Å². The molecule has 1 aromatic rings. The molecule has 3 atom stereocenters. The first-order chi connectivity index (χ1) is 16.3. The summed E-state index contributed by atoms with van der Waals surface area (Å²) >= 11 is 0. The summed E-state index contributed by atoms with van der Waals surface area (Å²) in [6.45, 7) is 4.84. The lowest BCUT2D eigenvalue weighted by Crippen LogP contribution is -2.28. The van der Waals surface area contributed by atoms with Crippen LogP contribution in [0.25, 0.3) is 0 Å². The van der Waals surface area contributed by atoms with Crippen LogP contribution in [-0.4, -0.2) is 70.7 Å². The number of epoxide rings is 1. The van der Waals surface area contributed by atoms with Gasteiger partial charge in [-0.2, -0.15) is 0 Å². The SMILES string of the molecule is Cc1c(O)cc(O)c2c1CC(=N\OCCN1CCCC1=O)/C=C/C=C\C1OC1C[C@@H](C)OC2=O. The summed E-state index contributed by atoms with van der Waals surface area (Å²) in [4.78, 5) is 32.0. The van der Waals surface area contributed by atoms with Crippen molar-refractivity contribution < 1.29 is 34.1 Å². The Kier molecular flexibility index (Phi) is 7.21. The Balaban J connectivity index is 1.61. The number of oxime groups is 1. The summed E-state index contributed by atoms with van der Waals surface area (Å²) < 4.78 is 11.2. The lowest BCUT2D eigenvalue weighted by Gasteiger charge is -2.18. The van der Waals surface area contributed by atoms with Gasteiger partial charge in [-0.25, -0.2) is 4.79 Å². The average Bonchev–Trinajstić information content (AvgIpc) is 3.38. The first kappa shape index (κ1) is 23.8. The van der Waals surface area contributed by atoms with Gasteiger partial charge in [0.25, 0.3) is 0 Å². The lowest BCUT2D eigenvalue weighted by atomic mass is 9.94. The van der Waals surface area contributed by atoms with Gasteiger partial charge in [0.1, 0.15) is 35.9 Å². The maximum absolute atomic E-state index is 13.0. The van der Waals surface area contributed by atoms with Crippen molar-refractivity contribution in [3.8, 4) is 11.5 Å². The van der Waals surface area contributed by atoms with E-state index in [1.807, 2.05) is 12.2 Å². The first-order valence-electron chi connectivity index (χ1n) is 11.6. The second-order valence-corrected chi connectivity index (χ2v) is 8.81. The van der Waals surface area contributed by atoms with E-state index in [-0.39, 0.29) is 48.2 Å². The van der Waals surface area contributed by atoms with Crippen LogP contribution < -0.4 is 0 Å². The van der Waals surface area contributed by atoms with Gasteiger partial charge in [0.15, 0.2) is 0 Å². The number of cyclic esters (lactones) is 1. The maximum Gasteiger partial charge on any atom is 0.342 e. The van der Waals surface area contributed by atoms with E-state index in [1.165, 1.54) is 0 Å². The monoisotopic (exact) mass is 470 g/mol. The van der Waals surface area contributed by atoms with Crippen molar-refractivity contribution in [2.24, 2.45) is 5.16 Å². The fourth-order valence-corrected chi connectivity index (χ4v) is 4.25. The van der Waals surface area contributed by atoms with Gasteiger partial charge < -0.3 is 29.4 Å². The molecule has 2 fully saturated rings. The van der Waals surface area contributed by atoms with Crippen LogP contribution in [0.4, 0.5) is 0 Å². The van der Waals surface area contributed by atoms with E-state index in [1.54, 1.807) is 30.9 Å². The number of aromatic hydroxyl groups is 2. The fourth-order valence-electron chi connectivity index (χ4n) is 4.25.